The van der Waals surface area contributed by atoms with E-state index >= 15 is 0 Å². The Morgan fingerprint density at radius 3 is 2.84 bits per heavy atom. The highest BCUT2D eigenvalue weighted by molar-refractivity contribution is 6.31. The predicted molar refractivity (Wildman–Crippen MR) is 94.2 cm³/mol. The van der Waals surface area contributed by atoms with E-state index in [2.05, 4.69) is 5.32 Å². The van der Waals surface area contributed by atoms with Gasteiger partial charge in [0.2, 0.25) is 0 Å². The summed E-state index contributed by atoms with van der Waals surface area (Å²) < 4.78 is 5.70. The number of carboxylic acids is 1. The number of nitrogens with zero attached hydrogens (tertiary/aromatic N) is 2. The van der Waals surface area contributed by atoms with Crippen LogP contribution in [-0.4, -0.2) is 79.3 Å². The van der Waals surface area contributed by atoms with Crippen LogP contribution in [-0.2, 0) is 9.53 Å². The van der Waals surface area contributed by atoms with Gasteiger partial charge in [0.05, 0.1) is 31.4 Å². The summed E-state index contributed by atoms with van der Waals surface area (Å²) in [6.07, 6.45) is 0. The molecular weight excluding hydrogens is 346 g/mol. The quantitative estimate of drug-likeness (QED) is 0.833. The molecule has 3 rings (SSSR count). The Morgan fingerprint density at radius 2 is 2.12 bits per heavy atom. The molecule has 2 saturated heterocycles. The molecule has 0 saturated carbocycles. The second-order valence-electron chi connectivity index (χ2n) is 6.54. The number of amides is 1. The van der Waals surface area contributed by atoms with Gasteiger partial charge in [0, 0.05) is 43.3 Å². The molecule has 1 amide bonds. The number of fused-ring (bicyclic) bond motifs is 3. The van der Waals surface area contributed by atoms with Crippen LogP contribution in [0.2, 0.25) is 5.02 Å². The maximum atomic E-state index is 13.2. The number of nitrogens with one attached hydrogen (secondary N) is 1. The summed E-state index contributed by atoms with van der Waals surface area (Å²) >= 11 is 6.08. The molecular formula is C17H22ClN3O4. The number of benzene rings is 1. The Balaban J connectivity index is 1.87. The maximum Gasteiger partial charge on any atom is 0.317 e. The average molecular weight is 368 g/mol. The Morgan fingerprint density at radius 1 is 1.32 bits per heavy atom. The zero-order valence-electron chi connectivity index (χ0n) is 14.1. The van der Waals surface area contributed by atoms with Gasteiger partial charge in [0.25, 0.3) is 5.91 Å². The van der Waals surface area contributed by atoms with Gasteiger partial charge in [-0.25, -0.2) is 0 Å². The van der Waals surface area contributed by atoms with Gasteiger partial charge in [-0.05, 0) is 18.2 Å². The Kier molecular flexibility index (Phi) is 5.46. The summed E-state index contributed by atoms with van der Waals surface area (Å²) in [4.78, 5) is 28.0. The molecule has 8 heteroatoms. The van der Waals surface area contributed by atoms with Gasteiger partial charge in [-0.1, -0.05) is 11.6 Å². The number of hydrogen-bond donors (Lipinski definition) is 2. The fourth-order valence-electron chi connectivity index (χ4n) is 3.58. The van der Waals surface area contributed by atoms with Gasteiger partial charge in [0.15, 0.2) is 0 Å². The first-order chi connectivity index (χ1) is 12.0. The van der Waals surface area contributed by atoms with Crippen LogP contribution in [0.4, 0.5) is 5.69 Å². The van der Waals surface area contributed by atoms with Crippen molar-refractivity contribution in [3.63, 3.8) is 0 Å². The minimum absolute atomic E-state index is 0.0199. The summed E-state index contributed by atoms with van der Waals surface area (Å²) in [6, 6.07) is 5.01. The highest BCUT2D eigenvalue weighted by Gasteiger charge is 2.37. The van der Waals surface area contributed by atoms with Gasteiger partial charge >= 0.3 is 5.97 Å². The van der Waals surface area contributed by atoms with Crippen molar-refractivity contribution in [3.05, 3.63) is 28.8 Å². The van der Waals surface area contributed by atoms with Crippen LogP contribution in [0.1, 0.15) is 10.4 Å². The summed E-state index contributed by atoms with van der Waals surface area (Å²) in [6.45, 7) is 2.58. The summed E-state index contributed by atoms with van der Waals surface area (Å²) in [5, 5.41) is 12.6. The third kappa shape index (κ3) is 4.05. The maximum absolute atomic E-state index is 13.2. The molecule has 0 aliphatic carbocycles. The predicted octanol–water partition coefficient (Wildman–Crippen LogP) is 1.24. The second-order valence-corrected chi connectivity index (χ2v) is 6.98. The number of rotatable bonds is 4. The molecule has 1 aromatic carbocycles. The number of halogens is 1. The number of hydrogen-bond acceptors (Lipinski definition) is 5. The molecule has 2 bridgehead atoms. The van der Waals surface area contributed by atoms with Gasteiger partial charge in [-0.15, -0.1) is 0 Å². The lowest BCUT2D eigenvalue weighted by Crippen LogP contribution is -2.47. The normalized spacial score (nSPS) is 23.8. The van der Waals surface area contributed by atoms with E-state index in [9.17, 15) is 9.59 Å². The Hall–Kier alpha value is -1.83. The molecule has 0 spiro atoms. The summed E-state index contributed by atoms with van der Waals surface area (Å²) in [5.41, 5.74) is 1.24. The smallest absolute Gasteiger partial charge is 0.317 e. The molecule has 2 aliphatic rings. The fraction of sp³-hybridized carbons (Fsp3) is 0.529. The highest BCUT2D eigenvalue weighted by atomic mass is 35.5. The molecule has 7 nitrogen and oxygen atoms in total. The number of anilines is 1. The minimum Gasteiger partial charge on any atom is -0.480 e. The van der Waals surface area contributed by atoms with Crippen LogP contribution in [0.25, 0.3) is 0 Å². The van der Waals surface area contributed by atoms with Crippen LogP contribution in [0.5, 0.6) is 0 Å². The lowest BCUT2D eigenvalue weighted by Gasteiger charge is -2.31. The molecule has 2 heterocycles. The number of carbonyl (C=O) groups excluding carboxylic acids is 1. The van der Waals surface area contributed by atoms with Crippen LogP contribution in [0.15, 0.2) is 18.2 Å². The molecule has 2 fully saturated rings. The number of ether oxygens (including phenoxy) is 1. The van der Waals surface area contributed by atoms with Gasteiger partial charge in [-0.2, -0.15) is 0 Å². The minimum atomic E-state index is -0.855. The van der Waals surface area contributed by atoms with Crippen molar-refractivity contribution in [1.82, 2.24) is 9.80 Å². The monoisotopic (exact) mass is 367 g/mol. The third-order valence-corrected chi connectivity index (χ3v) is 4.88. The van der Waals surface area contributed by atoms with E-state index < -0.39 is 5.97 Å². The average Bonchev–Trinajstić information content (AvgIpc) is 2.84. The van der Waals surface area contributed by atoms with Crippen molar-refractivity contribution in [2.75, 3.05) is 51.8 Å². The Bertz CT molecular complexity index is 669. The first kappa shape index (κ1) is 18.0. The van der Waals surface area contributed by atoms with Crippen molar-refractivity contribution in [2.24, 2.45) is 5.92 Å². The summed E-state index contributed by atoms with van der Waals surface area (Å²) in [5.74, 6) is -0.872. The second kappa shape index (κ2) is 7.59. The first-order valence-electron chi connectivity index (χ1n) is 8.28. The van der Waals surface area contributed by atoms with E-state index in [0.29, 0.717) is 43.4 Å². The van der Waals surface area contributed by atoms with E-state index in [-0.39, 0.29) is 24.4 Å². The molecule has 0 unspecified atom stereocenters. The van der Waals surface area contributed by atoms with Crippen molar-refractivity contribution in [1.29, 1.82) is 0 Å². The number of carbonyl (C=O) groups is 2. The zero-order chi connectivity index (χ0) is 18.0. The molecule has 2 N–H and O–H groups in total. The van der Waals surface area contributed by atoms with Crippen LogP contribution < -0.4 is 5.32 Å². The summed E-state index contributed by atoms with van der Waals surface area (Å²) in [7, 11) is 1.76. The molecule has 2 atom stereocenters. The van der Waals surface area contributed by atoms with Gasteiger partial charge in [-0.3, -0.25) is 14.5 Å². The lowest BCUT2D eigenvalue weighted by atomic mass is 10.1. The lowest BCUT2D eigenvalue weighted by molar-refractivity contribution is -0.138. The Labute approximate surface area is 151 Å². The largest absolute Gasteiger partial charge is 0.480 e. The van der Waals surface area contributed by atoms with Crippen molar-refractivity contribution >= 4 is 29.2 Å². The third-order valence-electron chi connectivity index (χ3n) is 4.65. The molecule has 1 aromatic rings. The van der Waals surface area contributed by atoms with E-state index in [1.807, 2.05) is 9.80 Å². The van der Waals surface area contributed by atoms with Gasteiger partial charge in [0.1, 0.15) is 0 Å². The van der Waals surface area contributed by atoms with Crippen molar-refractivity contribution < 1.29 is 19.4 Å². The van der Waals surface area contributed by atoms with Gasteiger partial charge < -0.3 is 20.1 Å². The molecule has 25 heavy (non-hydrogen) atoms. The molecule has 136 valence electrons. The fourth-order valence-corrected chi connectivity index (χ4v) is 3.75. The standard InChI is InChI=1S/C17H22ClN3O4/c1-19-15-3-2-12(18)4-14(15)17(24)21-6-11-5-20(8-16(22)23)7-13(21)10-25-9-11/h2-4,11,13,19H,5-10H2,1H3,(H,22,23)/t11-,13-/m0/s1. The van der Waals surface area contributed by atoms with Crippen molar-refractivity contribution in [3.8, 4) is 0 Å². The van der Waals surface area contributed by atoms with Crippen LogP contribution in [0, 0.1) is 5.92 Å². The van der Waals surface area contributed by atoms with Crippen LogP contribution >= 0.6 is 11.6 Å². The van der Waals surface area contributed by atoms with E-state index in [4.69, 9.17) is 21.4 Å². The van der Waals surface area contributed by atoms with E-state index in [0.717, 1.165) is 5.69 Å². The van der Waals surface area contributed by atoms with E-state index in [1.165, 1.54) is 0 Å². The van der Waals surface area contributed by atoms with Crippen LogP contribution in [0.3, 0.4) is 0 Å². The SMILES string of the molecule is CNc1ccc(Cl)cc1C(=O)N1C[C@H]2COC[C@@H]1CN(CC(=O)O)C2. The first-order valence-corrected chi connectivity index (χ1v) is 8.66. The topological polar surface area (TPSA) is 82.1 Å². The zero-order valence-corrected chi connectivity index (χ0v) is 14.8. The number of carboxylic acid groups (broad SMARTS) is 1. The molecule has 0 aromatic heterocycles. The van der Waals surface area contributed by atoms with Crippen molar-refractivity contribution in [2.45, 2.75) is 6.04 Å². The van der Waals surface area contributed by atoms with E-state index in [1.54, 1.807) is 25.2 Å². The number of aliphatic carboxylic acids is 1. The molecule has 0 radical (unpaired) electrons. The molecule has 2 aliphatic heterocycles. The highest BCUT2D eigenvalue weighted by Crippen LogP contribution is 2.26.